The molecule has 0 aromatic heterocycles. The molecule has 0 aliphatic heterocycles. The van der Waals surface area contributed by atoms with Gasteiger partial charge in [0.1, 0.15) is 11.6 Å². The van der Waals surface area contributed by atoms with Crippen molar-refractivity contribution in [2.24, 2.45) is 0 Å². The van der Waals surface area contributed by atoms with Gasteiger partial charge in [0.25, 0.3) is 0 Å². The summed E-state index contributed by atoms with van der Waals surface area (Å²) in [5.41, 5.74) is 0. The van der Waals surface area contributed by atoms with Gasteiger partial charge in [0.15, 0.2) is 0 Å². The molecule has 0 saturated carbocycles. The Hall–Kier alpha value is -1.10. The summed E-state index contributed by atoms with van der Waals surface area (Å²) in [6, 6.07) is 0. The maximum absolute atomic E-state index is 10.8. The molecule has 0 bridgehead atoms. The minimum atomic E-state index is -0.333. The van der Waals surface area contributed by atoms with Crippen LogP contribution in [0.5, 0.6) is 0 Å². The molecule has 13 heavy (non-hydrogen) atoms. The van der Waals surface area contributed by atoms with E-state index in [0.29, 0.717) is 28.5 Å². The molecular weight excluding hydrogens is 188 g/mol. The summed E-state index contributed by atoms with van der Waals surface area (Å²) in [6.07, 6.45) is 1.83. The number of hydrogen-bond acceptors (Lipinski definition) is 4. The van der Waals surface area contributed by atoms with Crippen LogP contribution in [0.3, 0.4) is 0 Å². The maximum atomic E-state index is 10.8. The van der Waals surface area contributed by atoms with Gasteiger partial charge in [0, 0.05) is 12.8 Å². The third-order valence-corrected chi connectivity index (χ3v) is 1.65. The molecule has 0 aromatic carbocycles. The maximum Gasteiger partial charge on any atom is 0.310 e. The third-order valence-electron chi connectivity index (χ3n) is 1.21. The summed E-state index contributed by atoms with van der Waals surface area (Å²) in [5.74, 6) is -0.644. The highest BCUT2D eigenvalue weighted by atomic mass is 28.1. The molecule has 0 aliphatic rings. The van der Waals surface area contributed by atoms with Crippen molar-refractivity contribution in [3.8, 4) is 0 Å². The van der Waals surface area contributed by atoms with Crippen LogP contribution in [0.4, 0.5) is 0 Å². The van der Waals surface area contributed by atoms with Crippen molar-refractivity contribution in [1.29, 1.82) is 0 Å². The van der Waals surface area contributed by atoms with Crippen molar-refractivity contribution >= 4 is 22.2 Å². The largest absolute Gasteiger partial charge is 0.434 e. The van der Waals surface area contributed by atoms with Gasteiger partial charge >= 0.3 is 11.9 Å². The number of esters is 2. The second-order valence-electron chi connectivity index (χ2n) is 2.40. The molecule has 0 unspecified atom stereocenters. The zero-order valence-electron chi connectivity index (χ0n) is 8.12. The van der Waals surface area contributed by atoms with E-state index in [9.17, 15) is 9.59 Å². The van der Waals surface area contributed by atoms with Crippen LogP contribution in [0, 0.1) is 0 Å². The van der Waals surface area contributed by atoms with Crippen LogP contribution in [0.15, 0.2) is 11.6 Å². The predicted octanol–water partition coefficient (Wildman–Crippen LogP) is 0.0571. The summed E-state index contributed by atoms with van der Waals surface area (Å²) in [4.78, 5) is 21.4. The van der Waals surface area contributed by atoms with E-state index in [1.807, 2.05) is 0 Å². The second-order valence-corrected chi connectivity index (χ2v) is 3.39. The Balaban J connectivity index is 3.88. The average molecular weight is 202 g/mol. The Kier molecular flexibility index (Phi) is 5.87. The van der Waals surface area contributed by atoms with E-state index < -0.39 is 0 Å². The van der Waals surface area contributed by atoms with Crippen molar-refractivity contribution in [3.05, 3.63) is 11.6 Å². The first-order chi connectivity index (χ1) is 6.10. The van der Waals surface area contributed by atoms with Gasteiger partial charge in [-0.05, 0) is 0 Å². The lowest BCUT2D eigenvalue weighted by Gasteiger charge is -2.02. The SMILES string of the molecule is CCC(=O)OC=C([SiH3])OC(=O)CC. The Labute approximate surface area is 80.3 Å². The number of ether oxygens (including phenoxy) is 2. The van der Waals surface area contributed by atoms with E-state index in [2.05, 4.69) is 4.74 Å². The van der Waals surface area contributed by atoms with Gasteiger partial charge in [-0.25, -0.2) is 0 Å². The Morgan fingerprint density at radius 2 is 1.77 bits per heavy atom. The Morgan fingerprint density at radius 1 is 1.23 bits per heavy atom. The van der Waals surface area contributed by atoms with Crippen LogP contribution >= 0.6 is 0 Å². The van der Waals surface area contributed by atoms with Gasteiger partial charge in [0.2, 0.25) is 0 Å². The summed E-state index contributed by atoms with van der Waals surface area (Å²) in [6.45, 7) is 3.40. The normalized spacial score (nSPS) is 11.1. The topological polar surface area (TPSA) is 52.6 Å². The van der Waals surface area contributed by atoms with Crippen LogP contribution < -0.4 is 0 Å². The Bertz CT molecular complexity index is 222. The lowest BCUT2D eigenvalue weighted by atomic mass is 10.5. The molecule has 0 fully saturated rings. The lowest BCUT2D eigenvalue weighted by molar-refractivity contribution is -0.141. The highest BCUT2D eigenvalue weighted by molar-refractivity contribution is 6.20. The van der Waals surface area contributed by atoms with Crippen molar-refractivity contribution in [2.45, 2.75) is 26.7 Å². The smallest absolute Gasteiger partial charge is 0.310 e. The molecule has 0 saturated heterocycles. The highest BCUT2D eigenvalue weighted by Crippen LogP contribution is 1.96. The van der Waals surface area contributed by atoms with Gasteiger partial charge in [0.05, 0.1) is 10.2 Å². The molecule has 0 radical (unpaired) electrons. The summed E-state index contributed by atoms with van der Waals surface area (Å²) >= 11 is 0. The van der Waals surface area contributed by atoms with E-state index in [1.165, 1.54) is 6.26 Å². The minimum Gasteiger partial charge on any atom is -0.434 e. The molecule has 0 spiro atoms. The molecule has 0 aromatic rings. The van der Waals surface area contributed by atoms with Gasteiger partial charge in [-0.1, -0.05) is 13.8 Å². The van der Waals surface area contributed by atoms with E-state index >= 15 is 0 Å². The lowest BCUT2D eigenvalue weighted by Crippen LogP contribution is -2.04. The molecule has 0 N–H and O–H groups in total. The van der Waals surface area contributed by atoms with Gasteiger partial charge in [-0.3, -0.25) is 9.59 Å². The fourth-order valence-electron chi connectivity index (χ4n) is 0.508. The number of hydrogen-bond donors (Lipinski definition) is 0. The van der Waals surface area contributed by atoms with Crippen molar-refractivity contribution in [3.63, 3.8) is 0 Å². The summed E-state index contributed by atoms with van der Waals surface area (Å²) in [5, 5.41) is 0.425. The predicted molar refractivity (Wildman–Crippen MR) is 50.8 cm³/mol. The standard InChI is InChI=1S/C8H14O4Si/c1-3-6(9)11-5-8(13)12-7(10)4-2/h5H,3-4H2,1-2,13H3. The van der Waals surface area contributed by atoms with Crippen molar-refractivity contribution in [2.75, 3.05) is 0 Å². The fraction of sp³-hybridized carbons (Fsp3) is 0.500. The van der Waals surface area contributed by atoms with E-state index in [4.69, 9.17) is 4.74 Å². The number of carbonyl (C=O) groups excluding carboxylic acids is 2. The second kappa shape index (κ2) is 6.42. The first kappa shape index (κ1) is 11.9. The van der Waals surface area contributed by atoms with Crippen molar-refractivity contribution in [1.82, 2.24) is 0 Å². The van der Waals surface area contributed by atoms with Crippen LogP contribution in [-0.2, 0) is 19.1 Å². The quantitative estimate of drug-likeness (QED) is 0.367. The van der Waals surface area contributed by atoms with Crippen LogP contribution in [-0.4, -0.2) is 22.2 Å². The van der Waals surface area contributed by atoms with E-state index in [-0.39, 0.29) is 11.9 Å². The minimum absolute atomic E-state index is 0.311. The van der Waals surface area contributed by atoms with Gasteiger partial charge in [-0.15, -0.1) is 0 Å². The molecule has 0 rings (SSSR count). The Morgan fingerprint density at radius 3 is 2.23 bits per heavy atom. The summed E-state index contributed by atoms with van der Waals surface area (Å²) in [7, 11) is 0.540. The number of carbonyl (C=O) groups is 2. The first-order valence-corrected chi connectivity index (χ1v) is 5.17. The van der Waals surface area contributed by atoms with Gasteiger partial charge < -0.3 is 9.47 Å². The molecule has 5 heteroatoms. The van der Waals surface area contributed by atoms with Crippen LogP contribution in [0.25, 0.3) is 0 Å². The molecule has 0 aliphatic carbocycles. The van der Waals surface area contributed by atoms with Gasteiger partial charge in [-0.2, -0.15) is 0 Å². The monoisotopic (exact) mass is 202 g/mol. The molecule has 0 atom stereocenters. The summed E-state index contributed by atoms with van der Waals surface area (Å²) < 4.78 is 9.46. The molecule has 0 amide bonds. The first-order valence-electron chi connectivity index (χ1n) is 4.17. The zero-order valence-corrected chi connectivity index (χ0v) is 10.1. The fourth-order valence-corrected chi connectivity index (χ4v) is 0.853. The molecule has 4 nitrogen and oxygen atoms in total. The van der Waals surface area contributed by atoms with Crippen molar-refractivity contribution < 1.29 is 19.1 Å². The molecule has 0 heterocycles. The zero-order chi connectivity index (χ0) is 10.3. The van der Waals surface area contributed by atoms with E-state index in [0.717, 1.165) is 0 Å². The number of rotatable bonds is 4. The molecule has 74 valence electrons. The molecular formula is C8H14O4Si. The van der Waals surface area contributed by atoms with Crippen LogP contribution in [0.2, 0.25) is 0 Å². The average Bonchev–Trinajstić information content (AvgIpc) is 2.13. The van der Waals surface area contributed by atoms with Crippen LogP contribution in [0.1, 0.15) is 26.7 Å². The third kappa shape index (κ3) is 6.09. The van der Waals surface area contributed by atoms with E-state index in [1.54, 1.807) is 13.8 Å². The highest BCUT2D eigenvalue weighted by Gasteiger charge is 2.01.